The second-order valence-corrected chi connectivity index (χ2v) is 7.39. The van der Waals surface area contributed by atoms with Gasteiger partial charge in [0.1, 0.15) is 18.5 Å². The van der Waals surface area contributed by atoms with Gasteiger partial charge in [-0.1, -0.05) is 12.1 Å². The molecule has 28 heavy (non-hydrogen) atoms. The SMILES string of the molecule is O=C(CC[C@@]1(Cc2ccco2)CCC(=O)N1)NC[C@H]1COc2ccccc2O1. The fourth-order valence-corrected chi connectivity index (χ4v) is 3.76. The number of carbonyl (C=O) groups is 2. The van der Waals surface area contributed by atoms with E-state index < -0.39 is 5.54 Å². The first kappa shape index (κ1) is 18.4. The Bertz CT molecular complexity index is 835. The van der Waals surface area contributed by atoms with E-state index in [0.29, 0.717) is 51.0 Å². The summed E-state index contributed by atoms with van der Waals surface area (Å²) in [5, 5.41) is 5.97. The number of ether oxygens (including phenoxy) is 2. The van der Waals surface area contributed by atoms with Gasteiger partial charge in [0.2, 0.25) is 11.8 Å². The summed E-state index contributed by atoms with van der Waals surface area (Å²) >= 11 is 0. The molecule has 1 fully saturated rings. The van der Waals surface area contributed by atoms with Crippen molar-refractivity contribution in [3.63, 3.8) is 0 Å². The maximum Gasteiger partial charge on any atom is 0.220 e. The van der Waals surface area contributed by atoms with Crippen LogP contribution in [0.2, 0.25) is 0 Å². The number of nitrogens with one attached hydrogen (secondary N) is 2. The maximum absolute atomic E-state index is 12.4. The summed E-state index contributed by atoms with van der Waals surface area (Å²) in [4.78, 5) is 24.2. The number of para-hydroxylation sites is 2. The van der Waals surface area contributed by atoms with Crippen LogP contribution in [-0.4, -0.2) is 36.6 Å². The molecule has 2 atom stereocenters. The average molecular weight is 384 g/mol. The minimum absolute atomic E-state index is 0.0263. The van der Waals surface area contributed by atoms with Gasteiger partial charge in [-0.05, 0) is 37.1 Å². The average Bonchev–Trinajstić information content (AvgIpc) is 3.35. The minimum atomic E-state index is -0.421. The predicted octanol–water partition coefficient (Wildman–Crippen LogP) is 2.21. The molecule has 2 aliphatic rings. The van der Waals surface area contributed by atoms with Gasteiger partial charge >= 0.3 is 0 Å². The third-order valence-electron chi connectivity index (χ3n) is 5.25. The molecule has 7 nitrogen and oxygen atoms in total. The number of hydrogen-bond donors (Lipinski definition) is 2. The Labute approximate surface area is 163 Å². The summed E-state index contributed by atoms with van der Waals surface area (Å²) in [5.41, 5.74) is -0.421. The van der Waals surface area contributed by atoms with Gasteiger partial charge in [0.25, 0.3) is 0 Å². The Hall–Kier alpha value is -2.96. The molecule has 0 saturated carbocycles. The van der Waals surface area contributed by atoms with E-state index in [1.807, 2.05) is 36.4 Å². The second-order valence-electron chi connectivity index (χ2n) is 7.39. The lowest BCUT2D eigenvalue weighted by molar-refractivity contribution is -0.123. The number of furan rings is 1. The van der Waals surface area contributed by atoms with Gasteiger partial charge in [-0.15, -0.1) is 0 Å². The maximum atomic E-state index is 12.4. The molecule has 7 heteroatoms. The normalized spacial score (nSPS) is 23.3. The van der Waals surface area contributed by atoms with Gasteiger partial charge in [-0.3, -0.25) is 9.59 Å². The lowest BCUT2D eigenvalue weighted by Gasteiger charge is -2.29. The standard InChI is InChI=1S/C21H24N2O5/c24-19(22-13-16-14-27-17-5-1-2-6-18(17)28-16)7-9-21(10-8-20(25)23-21)12-15-4-3-11-26-15/h1-6,11,16H,7-10,12-14H2,(H,22,24)(H,23,25)/t16-,21-/m0/s1. The summed E-state index contributed by atoms with van der Waals surface area (Å²) in [6, 6.07) is 11.2. The van der Waals surface area contributed by atoms with Gasteiger partial charge in [0, 0.05) is 24.8 Å². The van der Waals surface area contributed by atoms with Crippen molar-refractivity contribution in [3.05, 3.63) is 48.4 Å². The van der Waals surface area contributed by atoms with E-state index in [1.165, 1.54) is 0 Å². The fourth-order valence-electron chi connectivity index (χ4n) is 3.76. The lowest BCUT2D eigenvalue weighted by Crippen LogP contribution is -2.45. The number of fused-ring (bicyclic) bond motifs is 1. The van der Waals surface area contributed by atoms with Crippen LogP contribution in [0.3, 0.4) is 0 Å². The molecule has 0 bridgehead atoms. The highest BCUT2D eigenvalue weighted by Gasteiger charge is 2.38. The molecule has 2 N–H and O–H groups in total. The summed E-state index contributed by atoms with van der Waals surface area (Å²) in [5.74, 6) is 2.19. The van der Waals surface area contributed by atoms with Gasteiger partial charge < -0.3 is 24.5 Å². The number of rotatable bonds is 7. The van der Waals surface area contributed by atoms with Crippen molar-refractivity contribution in [3.8, 4) is 11.5 Å². The lowest BCUT2D eigenvalue weighted by atomic mass is 9.87. The molecular weight excluding hydrogens is 360 g/mol. The van der Waals surface area contributed by atoms with Crippen molar-refractivity contribution >= 4 is 11.8 Å². The largest absolute Gasteiger partial charge is 0.486 e. The Morgan fingerprint density at radius 1 is 1.21 bits per heavy atom. The third-order valence-corrected chi connectivity index (χ3v) is 5.25. The van der Waals surface area contributed by atoms with Crippen molar-refractivity contribution in [1.29, 1.82) is 0 Å². The van der Waals surface area contributed by atoms with Crippen molar-refractivity contribution < 1.29 is 23.5 Å². The zero-order chi connectivity index (χ0) is 19.4. The van der Waals surface area contributed by atoms with Gasteiger partial charge in [-0.25, -0.2) is 0 Å². The van der Waals surface area contributed by atoms with E-state index >= 15 is 0 Å². The van der Waals surface area contributed by atoms with Crippen LogP contribution in [0.25, 0.3) is 0 Å². The smallest absolute Gasteiger partial charge is 0.220 e. The molecule has 2 aliphatic heterocycles. The first-order chi connectivity index (χ1) is 13.6. The van der Waals surface area contributed by atoms with E-state index in [2.05, 4.69) is 10.6 Å². The molecule has 148 valence electrons. The highest BCUT2D eigenvalue weighted by atomic mass is 16.6. The molecule has 2 amide bonds. The molecule has 4 rings (SSSR count). The highest BCUT2D eigenvalue weighted by Crippen LogP contribution is 2.31. The van der Waals surface area contributed by atoms with Crippen LogP contribution in [0.1, 0.15) is 31.4 Å². The molecule has 1 aromatic heterocycles. The first-order valence-corrected chi connectivity index (χ1v) is 9.60. The zero-order valence-corrected chi connectivity index (χ0v) is 15.6. The summed E-state index contributed by atoms with van der Waals surface area (Å²) in [6.07, 6.45) is 4.07. The Morgan fingerprint density at radius 3 is 2.82 bits per heavy atom. The van der Waals surface area contributed by atoms with Gasteiger partial charge in [0.05, 0.1) is 12.8 Å². The van der Waals surface area contributed by atoms with Crippen molar-refractivity contribution in [2.24, 2.45) is 0 Å². The zero-order valence-electron chi connectivity index (χ0n) is 15.6. The van der Waals surface area contributed by atoms with Crippen molar-refractivity contribution in [1.82, 2.24) is 10.6 Å². The Morgan fingerprint density at radius 2 is 2.07 bits per heavy atom. The van der Waals surface area contributed by atoms with Crippen LogP contribution in [0.4, 0.5) is 0 Å². The van der Waals surface area contributed by atoms with E-state index in [9.17, 15) is 9.59 Å². The molecule has 1 aromatic carbocycles. The van der Waals surface area contributed by atoms with Gasteiger partial charge in [0.15, 0.2) is 11.5 Å². The number of amides is 2. The van der Waals surface area contributed by atoms with Crippen LogP contribution in [-0.2, 0) is 16.0 Å². The Kier molecular flexibility index (Phi) is 5.23. The number of benzene rings is 1. The topological polar surface area (TPSA) is 89.8 Å². The summed E-state index contributed by atoms with van der Waals surface area (Å²) in [7, 11) is 0. The van der Waals surface area contributed by atoms with E-state index in [-0.39, 0.29) is 17.9 Å². The summed E-state index contributed by atoms with van der Waals surface area (Å²) in [6.45, 7) is 0.778. The van der Waals surface area contributed by atoms with Crippen LogP contribution < -0.4 is 20.1 Å². The highest BCUT2D eigenvalue weighted by molar-refractivity contribution is 5.80. The van der Waals surface area contributed by atoms with Crippen molar-refractivity contribution in [2.45, 2.75) is 43.7 Å². The quantitative estimate of drug-likeness (QED) is 0.764. The second kappa shape index (κ2) is 7.96. The van der Waals surface area contributed by atoms with Crippen molar-refractivity contribution in [2.75, 3.05) is 13.2 Å². The number of carbonyl (C=O) groups excluding carboxylic acids is 2. The molecule has 2 aromatic rings. The molecule has 3 heterocycles. The van der Waals surface area contributed by atoms with E-state index in [0.717, 1.165) is 11.5 Å². The monoisotopic (exact) mass is 384 g/mol. The molecule has 0 radical (unpaired) electrons. The summed E-state index contributed by atoms with van der Waals surface area (Å²) < 4.78 is 17.0. The van der Waals surface area contributed by atoms with Gasteiger partial charge in [-0.2, -0.15) is 0 Å². The first-order valence-electron chi connectivity index (χ1n) is 9.60. The molecule has 0 aliphatic carbocycles. The molecular formula is C21H24N2O5. The van der Waals surface area contributed by atoms with Crippen LogP contribution in [0.15, 0.2) is 47.1 Å². The fraction of sp³-hybridized carbons (Fsp3) is 0.429. The Balaban J connectivity index is 1.27. The minimum Gasteiger partial charge on any atom is -0.486 e. The molecule has 0 spiro atoms. The number of hydrogen-bond acceptors (Lipinski definition) is 5. The van der Waals surface area contributed by atoms with Crippen LogP contribution >= 0.6 is 0 Å². The van der Waals surface area contributed by atoms with Crippen LogP contribution in [0.5, 0.6) is 11.5 Å². The third kappa shape index (κ3) is 4.30. The van der Waals surface area contributed by atoms with Crippen LogP contribution in [0, 0.1) is 0 Å². The predicted molar refractivity (Wildman–Crippen MR) is 101 cm³/mol. The molecule has 1 saturated heterocycles. The van der Waals surface area contributed by atoms with E-state index in [1.54, 1.807) is 6.26 Å². The molecule has 0 unspecified atom stereocenters. The van der Waals surface area contributed by atoms with E-state index in [4.69, 9.17) is 13.9 Å².